The number of carbonyl (C=O) groups is 2. The van der Waals surface area contributed by atoms with Crippen molar-refractivity contribution in [3.8, 4) is 5.75 Å². The van der Waals surface area contributed by atoms with Crippen LogP contribution in [0.3, 0.4) is 0 Å². The lowest BCUT2D eigenvalue weighted by Crippen LogP contribution is -2.54. The number of sulfonamides is 1. The molecule has 2 amide bonds. The number of halogens is 2. The Bertz CT molecular complexity index is 1850. The molecule has 11 heteroatoms. The molecule has 0 heterocycles. The van der Waals surface area contributed by atoms with Crippen molar-refractivity contribution < 1.29 is 22.7 Å². The van der Waals surface area contributed by atoms with Gasteiger partial charge in [-0.1, -0.05) is 102 Å². The van der Waals surface area contributed by atoms with E-state index >= 15 is 0 Å². The molecule has 1 atom stereocenters. The third-order valence-electron chi connectivity index (χ3n) is 8.63. The van der Waals surface area contributed by atoms with Crippen LogP contribution in [0.15, 0.2) is 102 Å². The van der Waals surface area contributed by atoms with Crippen molar-refractivity contribution in [2.45, 2.75) is 69.5 Å². The van der Waals surface area contributed by atoms with Crippen molar-refractivity contribution in [2.24, 2.45) is 0 Å². The molecule has 0 spiro atoms. The Labute approximate surface area is 299 Å². The molecule has 4 aromatic carbocycles. The zero-order valence-electron chi connectivity index (χ0n) is 27.6. The first-order chi connectivity index (χ1) is 23.6. The van der Waals surface area contributed by atoms with E-state index in [1.54, 1.807) is 61.5 Å². The fourth-order valence-electron chi connectivity index (χ4n) is 6.05. The van der Waals surface area contributed by atoms with E-state index in [0.29, 0.717) is 21.4 Å². The highest BCUT2D eigenvalue weighted by Gasteiger charge is 2.36. The first kappa shape index (κ1) is 36.2. The van der Waals surface area contributed by atoms with E-state index in [-0.39, 0.29) is 42.1 Å². The van der Waals surface area contributed by atoms with Crippen molar-refractivity contribution in [1.82, 2.24) is 10.2 Å². The monoisotopic (exact) mass is 721 g/mol. The van der Waals surface area contributed by atoms with Gasteiger partial charge >= 0.3 is 0 Å². The van der Waals surface area contributed by atoms with Crippen LogP contribution in [0.4, 0.5) is 5.69 Å². The number of carbonyl (C=O) groups excluding carboxylic acids is 2. The van der Waals surface area contributed by atoms with Crippen LogP contribution in [0.2, 0.25) is 10.0 Å². The normalized spacial score (nSPS) is 13.9. The molecule has 5 rings (SSSR count). The summed E-state index contributed by atoms with van der Waals surface area (Å²) in [5.41, 5.74) is 2.59. The number of para-hydroxylation sites is 2. The van der Waals surface area contributed by atoms with Gasteiger partial charge in [-0.2, -0.15) is 0 Å². The van der Waals surface area contributed by atoms with E-state index in [0.717, 1.165) is 41.1 Å². The summed E-state index contributed by atoms with van der Waals surface area (Å²) in [7, 11) is -4.28. The quantitative estimate of drug-likeness (QED) is 0.145. The Balaban J connectivity index is 1.60. The van der Waals surface area contributed by atoms with E-state index in [1.165, 1.54) is 17.0 Å². The molecule has 8 nitrogen and oxygen atoms in total. The first-order valence-corrected chi connectivity index (χ1v) is 18.7. The van der Waals surface area contributed by atoms with Crippen molar-refractivity contribution in [3.05, 3.63) is 124 Å². The maximum atomic E-state index is 14.8. The number of hydrogen-bond donors (Lipinski definition) is 1. The van der Waals surface area contributed by atoms with Crippen LogP contribution >= 0.6 is 23.2 Å². The second-order valence-corrected chi connectivity index (χ2v) is 14.9. The largest absolute Gasteiger partial charge is 0.492 e. The van der Waals surface area contributed by atoms with Crippen LogP contribution in [-0.4, -0.2) is 50.4 Å². The number of amides is 2. The lowest BCUT2D eigenvalue weighted by Gasteiger charge is -2.34. The number of rotatable bonds is 14. The molecule has 1 saturated carbocycles. The van der Waals surface area contributed by atoms with E-state index in [4.69, 9.17) is 27.9 Å². The van der Waals surface area contributed by atoms with Gasteiger partial charge in [0.2, 0.25) is 11.8 Å². The lowest BCUT2D eigenvalue weighted by molar-refractivity contribution is -0.140. The maximum absolute atomic E-state index is 14.8. The van der Waals surface area contributed by atoms with Crippen LogP contribution in [0.1, 0.15) is 49.3 Å². The summed E-state index contributed by atoms with van der Waals surface area (Å²) >= 11 is 12.6. The highest BCUT2D eigenvalue weighted by molar-refractivity contribution is 7.92. The van der Waals surface area contributed by atoms with E-state index < -0.39 is 28.5 Å². The zero-order valence-corrected chi connectivity index (χ0v) is 30.0. The fourth-order valence-corrected chi connectivity index (χ4v) is 7.79. The summed E-state index contributed by atoms with van der Waals surface area (Å²) in [4.78, 5) is 30.5. The number of nitrogens with one attached hydrogen (secondary N) is 1. The van der Waals surface area contributed by atoms with Gasteiger partial charge in [0, 0.05) is 19.0 Å². The molecule has 1 aliphatic carbocycles. The van der Waals surface area contributed by atoms with Crippen molar-refractivity contribution in [3.63, 3.8) is 0 Å². The number of ether oxygens (including phenoxy) is 1. The SMILES string of the molecule is CCOc1ccccc1N(CC(=O)N(Cc1ccc(Cl)c(Cl)c1)[C@@H](Cc1ccccc1)C(=O)NC1CCCC1)S(=O)(=O)c1ccc(C)cc1. The van der Waals surface area contributed by atoms with Crippen LogP contribution in [0.5, 0.6) is 5.75 Å². The van der Waals surface area contributed by atoms with Gasteiger partial charge < -0.3 is 15.0 Å². The zero-order chi connectivity index (χ0) is 35.0. The standard InChI is InChI=1S/C38H41Cl2N3O5S/c1-3-48-36-16-10-9-15-34(36)43(49(46,47)31-20-17-27(2)18-21-31)26-37(44)42(25-29-19-22-32(39)33(40)23-29)35(24-28-11-5-4-6-12-28)38(45)41-30-13-7-8-14-30/h4-6,9-12,15-23,30,35H,3,7-8,13-14,24-26H2,1-2H3,(H,41,45)/t35-/m0/s1. The van der Waals surface area contributed by atoms with Crippen LogP contribution in [-0.2, 0) is 32.6 Å². The van der Waals surface area contributed by atoms with Crippen LogP contribution in [0.25, 0.3) is 0 Å². The van der Waals surface area contributed by atoms with Crippen molar-refractivity contribution in [1.29, 1.82) is 0 Å². The third kappa shape index (κ3) is 9.15. The van der Waals surface area contributed by atoms with Crippen LogP contribution in [0, 0.1) is 6.92 Å². The molecule has 0 saturated heterocycles. The third-order valence-corrected chi connectivity index (χ3v) is 11.1. The summed E-state index contributed by atoms with van der Waals surface area (Å²) in [5, 5.41) is 3.84. The van der Waals surface area contributed by atoms with E-state index in [2.05, 4.69) is 5.32 Å². The number of anilines is 1. The molecule has 0 aliphatic heterocycles. The highest BCUT2D eigenvalue weighted by Crippen LogP contribution is 2.33. The molecule has 0 aromatic heterocycles. The minimum Gasteiger partial charge on any atom is -0.492 e. The van der Waals surface area contributed by atoms with Gasteiger partial charge in [-0.05, 0) is 74.2 Å². The summed E-state index contributed by atoms with van der Waals surface area (Å²) in [6, 6.07) is 26.7. The van der Waals surface area contributed by atoms with Gasteiger partial charge in [0.25, 0.3) is 10.0 Å². The molecular weight excluding hydrogens is 681 g/mol. The Morgan fingerprint density at radius 1 is 0.878 bits per heavy atom. The molecule has 4 aromatic rings. The molecule has 1 aliphatic rings. The van der Waals surface area contributed by atoms with Crippen molar-refractivity contribution in [2.75, 3.05) is 17.5 Å². The summed E-state index contributed by atoms with van der Waals surface area (Å²) in [5.74, 6) is -0.563. The molecule has 0 bridgehead atoms. The molecule has 49 heavy (non-hydrogen) atoms. The molecule has 0 unspecified atom stereocenters. The maximum Gasteiger partial charge on any atom is 0.264 e. The Morgan fingerprint density at radius 2 is 1.55 bits per heavy atom. The van der Waals surface area contributed by atoms with E-state index in [9.17, 15) is 18.0 Å². The lowest BCUT2D eigenvalue weighted by atomic mass is 10.0. The Kier molecular flexibility index (Phi) is 12.3. The van der Waals surface area contributed by atoms with Gasteiger partial charge in [0.1, 0.15) is 18.3 Å². The van der Waals surface area contributed by atoms with E-state index in [1.807, 2.05) is 37.3 Å². The minimum atomic E-state index is -4.28. The summed E-state index contributed by atoms with van der Waals surface area (Å²) < 4.78 is 35.7. The molecular formula is C38H41Cl2N3O5S. The average Bonchev–Trinajstić information content (AvgIpc) is 3.61. The average molecular weight is 723 g/mol. The second kappa shape index (κ2) is 16.6. The van der Waals surface area contributed by atoms with Gasteiger partial charge in [-0.15, -0.1) is 0 Å². The molecule has 1 N–H and O–H groups in total. The van der Waals surface area contributed by atoms with Gasteiger partial charge in [0.15, 0.2) is 0 Å². The Hall–Kier alpha value is -4.05. The molecule has 0 radical (unpaired) electrons. The second-order valence-electron chi connectivity index (χ2n) is 12.2. The minimum absolute atomic E-state index is 0.00387. The molecule has 1 fully saturated rings. The van der Waals surface area contributed by atoms with Gasteiger partial charge in [-0.3, -0.25) is 13.9 Å². The predicted molar refractivity (Wildman–Crippen MR) is 195 cm³/mol. The van der Waals surface area contributed by atoms with Gasteiger partial charge in [-0.25, -0.2) is 8.42 Å². The van der Waals surface area contributed by atoms with Gasteiger partial charge in [0.05, 0.1) is 27.2 Å². The highest BCUT2D eigenvalue weighted by atomic mass is 35.5. The number of nitrogens with zero attached hydrogens (tertiary/aromatic N) is 2. The predicted octanol–water partition coefficient (Wildman–Crippen LogP) is 7.59. The van der Waals surface area contributed by atoms with Crippen molar-refractivity contribution >= 4 is 50.7 Å². The smallest absolute Gasteiger partial charge is 0.264 e. The number of aryl methyl sites for hydroxylation is 1. The first-order valence-electron chi connectivity index (χ1n) is 16.5. The summed E-state index contributed by atoms with van der Waals surface area (Å²) in [6.45, 7) is 3.34. The molecule has 258 valence electrons. The number of benzene rings is 4. The summed E-state index contributed by atoms with van der Waals surface area (Å²) in [6.07, 6.45) is 3.98. The topological polar surface area (TPSA) is 96.0 Å². The Morgan fingerprint density at radius 3 is 2.22 bits per heavy atom. The van der Waals surface area contributed by atoms with Crippen LogP contribution < -0.4 is 14.4 Å². The fraction of sp³-hybridized carbons (Fsp3) is 0.316. The number of hydrogen-bond acceptors (Lipinski definition) is 5.